The quantitative estimate of drug-likeness (QED) is 0.560. The molecule has 0 spiro atoms. The zero-order chi connectivity index (χ0) is 20.5. The molecule has 0 bridgehead atoms. The van der Waals surface area contributed by atoms with Gasteiger partial charge in [-0.05, 0) is 49.7 Å². The van der Waals surface area contributed by atoms with E-state index in [2.05, 4.69) is 29.1 Å². The van der Waals surface area contributed by atoms with Gasteiger partial charge in [-0.25, -0.2) is 18.7 Å². The molecule has 1 N–H and O–H groups in total. The predicted molar refractivity (Wildman–Crippen MR) is 110 cm³/mol. The topological polar surface area (TPSA) is 59.3 Å². The Hall–Kier alpha value is -2.35. The van der Waals surface area contributed by atoms with E-state index < -0.39 is 12.3 Å². The van der Waals surface area contributed by atoms with Crippen molar-refractivity contribution >= 4 is 27.9 Å². The molecule has 3 aromatic heterocycles. The first-order chi connectivity index (χ1) is 13.9. The van der Waals surface area contributed by atoms with E-state index in [1.54, 1.807) is 35.1 Å². The summed E-state index contributed by atoms with van der Waals surface area (Å²) in [6.07, 6.45) is 6.46. The molecule has 1 amide bonds. The largest absolute Gasteiger partial charge is 0.312 e. The summed E-state index contributed by atoms with van der Waals surface area (Å²) >= 11 is 1.18. The lowest BCUT2D eigenvalue weighted by molar-refractivity contribution is 0.102. The maximum absolute atomic E-state index is 13.6. The van der Waals surface area contributed by atoms with Gasteiger partial charge in [0, 0.05) is 24.5 Å². The molecule has 1 saturated carbocycles. The number of fused-ring (bicyclic) bond motifs is 1. The maximum atomic E-state index is 13.6. The molecule has 0 unspecified atom stereocenters. The zero-order valence-corrected chi connectivity index (χ0v) is 17.3. The summed E-state index contributed by atoms with van der Waals surface area (Å²) in [5, 5.41) is 3.50. The van der Waals surface area contributed by atoms with E-state index in [9.17, 15) is 13.6 Å². The standard InChI is InChI=1S/C21H24F2N4OS/c1-12(2)13-4-6-14(7-5-13)20-25-16(17(22)23)21(29-20)26-19(28)15-8-11-27-10-3-9-24-18(15)27/h3,8-14,17H,4-7H2,1-2H3,(H,26,28). The van der Waals surface area contributed by atoms with Crippen molar-refractivity contribution in [2.75, 3.05) is 5.32 Å². The van der Waals surface area contributed by atoms with Crippen molar-refractivity contribution in [3.63, 3.8) is 0 Å². The SMILES string of the molecule is CC(C)C1CCC(c2nc(C(F)F)c(NC(=O)c3ccn4cccnc34)s2)CC1. The van der Waals surface area contributed by atoms with Crippen LogP contribution in [0.4, 0.5) is 13.8 Å². The third-order valence-corrected chi connectivity index (χ3v) is 6.98. The van der Waals surface area contributed by atoms with Gasteiger partial charge in [0.1, 0.15) is 16.3 Å². The van der Waals surface area contributed by atoms with Crippen LogP contribution in [-0.4, -0.2) is 20.3 Å². The van der Waals surface area contributed by atoms with Crippen molar-refractivity contribution in [2.45, 2.75) is 51.9 Å². The number of anilines is 1. The highest BCUT2D eigenvalue weighted by atomic mass is 32.1. The highest BCUT2D eigenvalue weighted by Crippen LogP contribution is 2.43. The van der Waals surface area contributed by atoms with E-state index in [1.165, 1.54) is 11.3 Å². The molecule has 0 aromatic carbocycles. The van der Waals surface area contributed by atoms with Crippen LogP contribution in [0.2, 0.25) is 0 Å². The number of carbonyl (C=O) groups excluding carboxylic acids is 1. The van der Waals surface area contributed by atoms with Gasteiger partial charge < -0.3 is 9.72 Å². The lowest BCUT2D eigenvalue weighted by atomic mass is 9.77. The van der Waals surface area contributed by atoms with Crippen LogP contribution in [-0.2, 0) is 0 Å². The number of nitrogens with one attached hydrogen (secondary N) is 1. The molecule has 0 saturated heterocycles. The lowest BCUT2D eigenvalue weighted by Gasteiger charge is -2.29. The molecule has 1 aliphatic carbocycles. The summed E-state index contributed by atoms with van der Waals surface area (Å²) in [5.74, 6) is 1.07. The minimum absolute atomic E-state index is 0.140. The Balaban J connectivity index is 1.55. The summed E-state index contributed by atoms with van der Waals surface area (Å²) in [6.45, 7) is 4.47. The van der Waals surface area contributed by atoms with E-state index in [-0.39, 0.29) is 16.6 Å². The van der Waals surface area contributed by atoms with Crippen LogP contribution in [0.5, 0.6) is 0 Å². The second kappa shape index (κ2) is 8.18. The molecule has 0 radical (unpaired) electrons. The number of amides is 1. The van der Waals surface area contributed by atoms with Crippen molar-refractivity contribution < 1.29 is 13.6 Å². The summed E-state index contributed by atoms with van der Waals surface area (Å²) in [4.78, 5) is 21.2. The third kappa shape index (κ3) is 4.03. The van der Waals surface area contributed by atoms with Crippen LogP contribution in [0.1, 0.15) is 72.9 Å². The van der Waals surface area contributed by atoms with E-state index in [4.69, 9.17) is 0 Å². The third-order valence-electron chi connectivity index (χ3n) is 5.83. The van der Waals surface area contributed by atoms with Crippen molar-refractivity contribution in [2.24, 2.45) is 11.8 Å². The summed E-state index contributed by atoms with van der Waals surface area (Å²) in [6, 6.07) is 3.39. The van der Waals surface area contributed by atoms with Gasteiger partial charge in [0.15, 0.2) is 0 Å². The molecular formula is C21H24F2N4OS. The molecule has 1 fully saturated rings. The van der Waals surface area contributed by atoms with Crippen LogP contribution in [0.25, 0.3) is 5.65 Å². The van der Waals surface area contributed by atoms with E-state index >= 15 is 0 Å². The molecule has 3 aromatic rings. The summed E-state index contributed by atoms with van der Waals surface area (Å²) in [7, 11) is 0. The maximum Gasteiger partial charge on any atom is 0.283 e. The first-order valence-electron chi connectivity index (χ1n) is 9.95. The van der Waals surface area contributed by atoms with E-state index in [0.29, 0.717) is 28.1 Å². The Morgan fingerprint density at radius 1 is 1.24 bits per heavy atom. The van der Waals surface area contributed by atoms with Crippen LogP contribution >= 0.6 is 11.3 Å². The Labute approximate surface area is 172 Å². The first kappa shape index (κ1) is 19.9. The van der Waals surface area contributed by atoms with Crippen molar-refractivity contribution in [1.29, 1.82) is 0 Å². The molecule has 0 aliphatic heterocycles. The average molecular weight is 419 g/mol. The molecule has 1 aliphatic rings. The smallest absolute Gasteiger partial charge is 0.283 e. The van der Waals surface area contributed by atoms with E-state index in [0.717, 1.165) is 25.7 Å². The molecule has 0 atom stereocenters. The molecule has 5 nitrogen and oxygen atoms in total. The number of carbonyl (C=O) groups is 1. The van der Waals surface area contributed by atoms with Gasteiger partial charge in [-0.1, -0.05) is 13.8 Å². The van der Waals surface area contributed by atoms with Crippen molar-refractivity contribution in [3.05, 3.63) is 47.0 Å². The minimum atomic E-state index is -2.73. The molecule has 4 rings (SSSR count). The van der Waals surface area contributed by atoms with Crippen molar-refractivity contribution in [3.8, 4) is 0 Å². The fourth-order valence-electron chi connectivity index (χ4n) is 4.08. The fourth-order valence-corrected chi connectivity index (χ4v) is 5.22. The van der Waals surface area contributed by atoms with Crippen LogP contribution in [0.3, 0.4) is 0 Å². The van der Waals surface area contributed by atoms with Gasteiger partial charge in [-0.2, -0.15) is 0 Å². The predicted octanol–water partition coefficient (Wildman–Crippen LogP) is 5.91. The lowest BCUT2D eigenvalue weighted by Crippen LogP contribution is -2.17. The second-order valence-electron chi connectivity index (χ2n) is 7.96. The zero-order valence-electron chi connectivity index (χ0n) is 16.4. The van der Waals surface area contributed by atoms with Gasteiger partial charge in [0.25, 0.3) is 12.3 Å². The van der Waals surface area contributed by atoms with Gasteiger partial charge in [0.05, 0.1) is 10.6 Å². The number of hydrogen-bond donors (Lipinski definition) is 1. The molecule has 3 heterocycles. The van der Waals surface area contributed by atoms with Gasteiger partial charge in [-0.15, -0.1) is 11.3 Å². The summed E-state index contributed by atoms with van der Waals surface area (Å²) in [5.41, 5.74) is 0.499. The number of thiazole rings is 1. The number of hydrogen-bond acceptors (Lipinski definition) is 4. The average Bonchev–Trinajstić information content (AvgIpc) is 3.32. The highest BCUT2D eigenvalue weighted by Gasteiger charge is 2.29. The fraction of sp³-hybridized carbons (Fsp3) is 0.476. The Kier molecular flexibility index (Phi) is 5.63. The van der Waals surface area contributed by atoms with E-state index in [1.807, 2.05) is 0 Å². The second-order valence-corrected chi connectivity index (χ2v) is 8.99. The monoisotopic (exact) mass is 418 g/mol. The molecule has 154 valence electrons. The number of aromatic nitrogens is 3. The number of nitrogens with zero attached hydrogens (tertiary/aromatic N) is 3. The van der Waals surface area contributed by atoms with Crippen LogP contribution in [0.15, 0.2) is 30.7 Å². The minimum Gasteiger partial charge on any atom is -0.312 e. The van der Waals surface area contributed by atoms with Gasteiger partial charge >= 0.3 is 0 Å². The molecule has 8 heteroatoms. The number of rotatable bonds is 5. The molecular weight excluding hydrogens is 394 g/mol. The van der Waals surface area contributed by atoms with Crippen LogP contribution < -0.4 is 5.32 Å². The summed E-state index contributed by atoms with van der Waals surface area (Å²) < 4.78 is 28.9. The number of halogens is 2. The first-order valence-corrected chi connectivity index (χ1v) is 10.8. The van der Waals surface area contributed by atoms with Crippen molar-refractivity contribution in [1.82, 2.24) is 14.4 Å². The number of alkyl halides is 2. The Morgan fingerprint density at radius 2 is 2.00 bits per heavy atom. The Bertz CT molecular complexity index is 1010. The highest BCUT2D eigenvalue weighted by molar-refractivity contribution is 7.16. The van der Waals surface area contributed by atoms with Crippen LogP contribution in [0, 0.1) is 11.8 Å². The molecule has 29 heavy (non-hydrogen) atoms. The van der Waals surface area contributed by atoms with Gasteiger partial charge in [0.2, 0.25) is 0 Å². The Morgan fingerprint density at radius 3 is 2.69 bits per heavy atom. The van der Waals surface area contributed by atoms with Gasteiger partial charge in [-0.3, -0.25) is 4.79 Å². The normalized spacial score (nSPS) is 19.9.